The third-order valence-electron chi connectivity index (χ3n) is 0.969. The maximum atomic E-state index is 10.0. The molecule has 1 atom stereocenters. The van der Waals surface area contributed by atoms with Gasteiger partial charge in [0.1, 0.15) is 6.17 Å². The van der Waals surface area contributed by atoms with Gasteiger partial charge in [0.05, 0.1) is 0 Å². The fraction of sp³-hybridized carbons (Fsp3) is 0.600. The van der Waals surface area contributed by atoms with Crippen LogP contribution in [0.2, 0.25) is 0 Å². The third-order valence-corrected chi connectivity index (χ3v) is 0.969. The Kier molecular flexibility index (Phi) is 7.56. The van der Waals surface area contributed by atoms with Crippen molar-refractivity contribution in [1.29, 1.82) is 0 Å². The lowest BCUT2D eigenvalue weighted by Gasteiger charge is -2.03. The summed E-state index contributed by atoms with van der Waals surface area (Å²) in [4.78, 5) is 13.6. The van der Waals surface area contributed by atoms with Crippen molar-refractivity contribution in [3.05, 3.63) is 0 Å². The van der Waals surface area contributed by atoms with Gasteiger partial charge in [-0.3, -0.25) is 4.79 Å². The van der Waals surface area contributed by atoms with E-state index in [0.29, 0.717) is 0 Å². The van der Waals surface area contributed by atoms with Crippen LogP contribution in [0.3, 0.4) is 0 Å². The first-order valence-electron chi connectivity index (χ1n) is 3.08. The zero-order valence-corrected chi connectivity index (χ0v) is 7.25. The molecule has 0 amide bonds. The van der Waals surface area contributed by atoms with Crippen molar-refractivity contribution in [1.82, 2.24) is 0 Å². The zero-order chi connectivity index (χ0) is 8.85. The number of nitrogens with zero attached hydrogens (tertiary/aromatic N) is 1. The SMILES string of the molecule is Cl.NC(N)=NC(N)CCC(=O)O. The molecular weight excluding hydrogens is 184 g/mol. The summed E-state index contributed by atoms with van der Waals surface area (Å²) in [6.07, 6.45) is -0.401. The number of rotatable bonds is 4. The molecule has 6 nitrogen and oxygen atoms in total. The fourth-order valence-electron chi connectivity index (χ4n) is 0.527. The molecule has 0 spiro atoms. The highest BCUT2D eigenvalue weighted by atomic mass is 35.5. The first-order chi connectivity index (χ1) is 5.02. The Morgan fingerprint density at radius 1 is 1.50 bits per heavy atom. The predicted octanol–water partition coefficient (Wildman–Crippen LogP) is -1.17. The van der Waals surface area contributed by atoms with Crippen LogP contribution in [-0.4, -0.2) is 23.2 Å². The van der Waals surface area contributed by atoms with Gasteiger partial charge >= 0.3 is 5.97 Å². The van der Waals surface area contributed by atoms with Crippen molar-refractivity contribution in [2.45, 2.75) is 19.0 Å². The Balaban J connectivity index is 0. The van der Waals surface area contributed by atoms with E-state index in [-0.39, 0.29) is 31.2 Å². The van der Waals surface area contributed by atoms with E-state index in [1.165, 1.54) is 0 Å². The summed E-state index contributed by atoms with van der Waals surface area (Å²) in [6.45, 7) is 0. The molecule has 0 aliphatic rings. The summed E-state index contributed by atoms with van der Waals surface area (Å²) in [5.41, 5.74) is 15.3. The van der Waals surface area contributed by atoms with Crippen molar-refractivity contribution < 1.29 is 9.90 Å². The number of halogens is 1. The van der Waals surface area contributed by atoms with Gasteiger partial charge in [0.25, 0.3) is 0 Å². The van der Waals surface area contributed by atoms with Gasteiger partial charge in [0, 0.05) is 6.42 Å². The monoisotopic (exact) mass is 196 g/mol. The number of carboxylic acids is 1. The first kappa shape index (κ1) is 13.6. The summed E-state index contributed by atoms with van der Waals surface area (Å²) in [6, 6.07) is 0. The van der Waals surface area contributed by atoms with Crippen molar-refractivity contribution in [3.63, 3.8) is 0 Å². The standard InChI is InChI=1S/C5H12N4O2.ClH/c6-3(9-5(7)8)1-2-4(10)11;/h3H,1-2,6H2,(H,10,11)(H4,7,8,9);1H. The second-order valence-electron chi connectivity index (χ2n) is 2.05. The Bertz CT molecular complexity index is 169. The number of hydrogen-bond acceptors (Lipinski definition) is 3. The van der Waals surface area contributed by atoms with E-state index in [1.54, 1.807) is 0 Å². The molecule has 0 saturated carbocycles. The van der Waals surface area contributed by atoms with E-state index in [9.17, 15) is 4.79 Å². The number of nitrogens with two attached hydrogens (primary N) is 3. The van der Waals surface area contributed by atoms with Crippen molar-refractivity contribution >= 4 is 24.3 Å². The third kappa shape index (κ3) is 8.99. The minimum Gasteiger partial charge on any atom is -0.481 e. The molecule has 0 fully saturated rings. The first-order valence-corrected chi connectivity index (χ1v) is 3.08. The Hall–Kier alpha value is -1.01. The lowest BCUT2D eigenvalue weighted by atomic mass is 10.3. The molecule has 0 saturated heterocycles. The molecule has 0 aliphatic heterocycles. The lowest BCUT2D eigenvalue weighted by Crippen LogP contribution is -2.29. The normalized spacial score (nSPS) is 11.1. The zero-order valence-electron chi connectivity index (χ0n) is 6.43. The van der Waals surface area contributed by atoms with Gasteiger partial charge in [-0.15, -0.1) is 12.4 Å². The van der Waals surface area contributed by atoms with Crippen LogP contribution in [0.5, 0.6) is 0 Å². The maximum absolute atomic E-state index is 10.0. The van der Waals surface area contributed by atoms with Crippen molar-refractivity contribution in [2.75, 3.05) is 0 Å². The molecule has 7 heteroatoms. The maximum Gasteiger partial charge on any atom is 0.303 e. The van der Waals surface area contributed by atoms with E-state index in [4.69, 9.17) is 22.3 Å². The Morgan fingerprint density at radius 2 is 2.00 bits per heavy atom. The number of carbonyl (C=O) groups is 1. The summed E-state index contributed by atoms with van der Waals surface area (Å²) >= 11 is 0. The molecule has 0 heterocycles. The summed E-state index contributed by atoms with van der Waals surface area (Å²) < 4.78 is 0. The minimum atomic E-state index is -0.911. The summed E-state index contributed by atoms with van der Waals surface area (Å²) in [5, 5.41) is 8.23. The van der Waals surface area contributed by atoms with Crippen LogP contribution >= 0.6 is 12.4 Å². The van der Waals surface area contributed by atoms with Gasteiger partial charge in [-0.1, -0.05) is 0 Å². The number of aliphatic imine (C=N–C) groups is 1. The van der Waals surface area contributed by atoms with Crippen LogP contribution < -0.4 is 17.2 Å². The van der Waals surface area contributed by atoms with Crippen LogP contribution in [0.25, 0.3) is 0 Å². The molecule has 7 N–H and O–H groups in total. The van der Waals surface area contributed by atoms with Crippen molar-refractivity contribution in [3.8, 4) is 0 Å². The number of guanidine groups is 1. The number of hydrogen-bond donors (Lipinski definition) is 4. The van der Waals surface area contributed by atoms with E-state index in [1.807, 2.05) is 0 Å². The number of carboxylic acid groups (broad SMARTS) is 1. The molecule has 12 heavy (non-hydrogen) atoms. The molecule has 0 aromatic heterocycles. The van der Waals surface area contributed by atoms with Gasteiger partial charge < -0.3 is 22.3 Å². The van der Waals surface area contributed by atoms with Crippen LogP contribution in [0.1, 0.15) is 12.8 Å². The van der Waals surface area contributed by atoms with Crippen LogP contribution in [0.15, 0.2) is 4.99 Å². The van der Waals surface area contributed by atoms with E-state index < -0.39 is 12.1 Å². The average molecular weight is 197 g/mol. The second kappa shape index (κ2) is 6.68. The molecule has 0 bridgehead atoms. The van der Waals surface area contributed by atoms with Gasteiger partial charge in [-0.2, -0.15) is 0 Å². The highest BCUT2D eigenvalue weighted by Gasteiger charge is 2.03. The highest BCUT2D eigenvalue weighted by Crippen LogP contribution is 1.94. The average Bonchev–Trinajstić information content (AvgIpc) is 1.82. The van der Waals surface area contributed by atoms with Crippen LogP contribution in [0.4, 0.5) is 0 Å². The highest BCUT2D eigenvalue weighted by molar-refractivity contribution is 5.85. The second-order valence-corrected chi connectivity index (χ2v) is 2.05. The number of aliphatic carboxylic acids is 1. The molecule has 0 aromatic rings. The Morgan fingerprint density at radius 3 is 2.33 bits per heavy atom. The molecule has 72 valence electrons. The smallest absolute Gasteiger partial charge is 0.303 e. The predicted molar refractivity (Wildman–Crippen MR) is 47.9 cm³/mol. The van der Waals surface area contributed by atoms with E-state index in [0.717, 1.165) is 0 Å². The van der Waals surface area contributed by atoms with Crippen LogP contribution in [-0.2, 0) is 4.79 Å². The van der Waals surface area contributed by atoms with Gasteiger partial charge in [-0.05, 0) is 6.42 Å². The largest absolute Gasteiger partial charge is 0.481 e. The van der Waals surface area contributed by atoms with Gasteiger partial charge in [0.15, 0.2) is 5.96 Å². The topological polar surface area (TPSA) is 128 Å². The summed E-state index contributed by atoms with van der Waals surface area (Å²) in [7, 11) is 0. The molecule has 0 aliphatic carbocycles. The van der Waals surface area contributed by atoms with Crippen LogP contribution in [0, 0.1) is 0 Å². The van der Waals surface area contributed by atoms with Gasteiger partial charge in [-0.25, -0.2) is 4.99 Å². The van der Waals surface area contributed by atoms with Crippen molar-refractivity contribution in [2.24, 2.45) is 22.2 Å². The molecular formula is C5H13ClN4O2. The van der Waals surface area contributed by atoms with E-state index >= 15 is 0 Å². The fourth-order valence-corrected chi connectivity index (χ4v) is 0.527. The van der Waals surface area contributed by atoms with E-state index in [2.05, 4.69) is 4.99 Å². The molecule has 0 aromatic carbocycles. The summed E-state index contributed by atoms with van der Waals surface area (Å²) in [5.74, 6) is -1.03. The molecule has 0 rings (SSSR count). The molecule has 0 radical (unpaired) electrons. The lowest BCUT2D eigenvalue weighted by molar-refractivity contribution is -0.137. The minimum absolute atomic E-state index is 0. The Labute approximate surface area is 76.2 Å². The quantitative estimate of drug-likeness (QED) is 0.333. The molecule has 1 unspecified atom stereocenters. The van der Waals surface area contributed by atoms with Gasteiger partial charge in [0.2, 0.25) is 0 Å².